The Morgan fingerprint density at radius 3 is 3.05 bits per heavy atom. The molecule has 0 amide bonds. The summed E-state index contributed by atoms with van der Waals surface area (Å²) in [7, 11) is 0. The second-order valence-corrected chi connectivity index (χ2v) is 5.34. The standard InChI is InChI=1S/C13H14ClN3O2/c14-10-1-2-12-15-11(8-17(12)6-10)7-16-4-3-9(5-16)13(18)19/h1-2,6,8-9H,3-5,7H2,(H,18,19)/t9-/m1/s1. The first-order chi connectivity index (χ1) is 9.11. The van der Waals surface area contributed by atoms with Crippen molar-refractivity contribution < 1.29 is 9.90 Å². The molecule has 0 radical (unpaired) electrons. The number of hydrogen-bond donors (Lipinski definition) is 1. The number of pyridine rings is 1. The fraction of sp³-hybridized carbons (Fsp3) is 0.385. The zero-order valence-electron chi connectivity index (χ0n) is 10.3. The van der Waals surface area contributed by atoms with Crippen LogP contribution in [-0.2, 0) is 11.3 Å². The number of carboxylic acids is 1. The SMILES string of the molecule is O=C(O)[C@@H]1CCN(Cc2cn3cc(Cl)ccc3n2)C1. The van der Waals surface area contributed by atoms with Gasteiger partial charge in [0.15, 0.2) is 0 Å². The van der Waals surface area contributed by atoms with Crippen molar-refractivity contribution in [2.45, 2.75) is 13.0 Å². The predicted octanol–water partition coefficient (Wildman–Crippen LogP) is 1.89. The third kappa shape index (κ3) is 2.57. The number of fused-ring (bicyclic) bond motifs is 1. The molecule has 0 spiro atoms. The fourth-order valence-corrected chi connectivity index (χ4v) is 2.67. The van der Waals surface area contributed by atoms with Gasteiger partial charge in [-0.15, -0.1) is 0 Å². The maximum atomic E-state index is 10.9. The van der Waals surface area contributed by atoms with Crippen LogP contribution in [0.1, 0.15) is 12.1 Å². The summed E-state index contributed by atoms with van der Waals surface area (Å²) in [6.07, 6.45) is 4.47. The van der Waals surface area contributed by atoms with Crippen molar-refractivity contribution in [3.8, 4) is 0 Å². The second-order valence-electron chi connectivity index (χ2n) is 4.90. The van der Waals surface area contributed by atoms with Gasteiger partial charge in [-0.2, -0.15) is 0 Å². The van der Waals surface area contributed by atoms with Gasteiger partial charge in [0, 0.05) is 25.5 Å². The highest BCUT2D eigenvalue weighted by molar-refractivity contribution is 6.30. The molecule has 1 fully saturated rings. The van der Waals surface area contributed by atoms with Gasteiger partial charge in [0.05, 0.1) is 16.6 Å². The van der Waals surface area contributed by atoms with Crippen LogP contribution in [0.15, 0.2) is 24.5 Å². The fourth-order valence-electron chi connectivity index (χ4n) is 2.50. The first kappa shape index (κ1) is 12.4. The number of carbonyl (C=O) groups is 1. The minimum Gasteiger partial charge on any atom is -0.481 e. The second kappa shape index (κ2) is 4.83. The molecule has 100 valence electrons. The summed E-state index contributed by atoms with van der Waals surface area (Å²) in [5.74, 6) is -0.948. The highest BCUT2D eigenvalue weighted by Crippen LogP contribution is 2.19. The summed E-state index contributed by atoms with van der Waals surface area (Å²) in [6.45, 7) is 2.10. The van der Waals surface area contributed by atoms with Crippen molar-refractivity contribution in [2.75, 3.05) is 13.1 Å². The van der Waals surface area contributed by atoms with Crippen molar-refractivity contribution in [3.63, 3.8) is 0 Å². The quantitative estimate of drug-likeness (QED) is 0.932. The average molecular weight is 280 g/mol. The van der Waals surface area contributed by atoms with E-state index in [4.69, 9.17) is 16.7 Å². The van der Waals surface area contributed by atoms with Crippen LogP contribution in [0.2, 0.25) is 5.02 Å². The molecule has 0 aromatic carbocycles. The van der Waals surface area contributed by atoms with Gasteiger partial charge in [-0.1, -0.05) is 11.6 Å². The van der Waals surface area contributed by atoms with E-state index in [1.807, 2.05) is 28.9 Å². The van der Waals surface area contributed by atoms with Crippen LogP contribution in [0, 0.1) is 5.92 Å². The van der Waals surface area contributed by atoms with Crippen LogP contribution in [0.4, 0.5) is 0 Å². The first-order valence-corrected chi connectivity index (χ1v) is 6.58. The normalized spacial score (nSPS) is 20.2. The van der Waals surface area contributed by atoms with E-state index >= 15 is 0 Å². The number of carboxylic acid groups (broad SMARTS) is 1. The topological polar surface area (TPSA) is 57.8 Å². The molecular formula is C13H14ClN3O2. The molecule has 0 saturated carbocycles. The molecule has 1 aliphatic rings. The number of hydrogen-bond acceptors (Lipinski definition) is 3. The van der Waals surface area contributed by atoms with E-state index in [1.54, 1.807) is 0 Å². The Kier molecular flexibility index (Phi) is 3.16. The number of aliphatic carboxylic acids is 1. The van der Waals surface area contributed by atoms with Crippen molar-refractivity contribution in [1.29, 1.82) is 0 Å². The van der Waals surface area contributed by atoms with Crippen LogP contribution in [0.25, 0.3) is 5.65 Å². The Morgan fingerprint density at radius 1 is 1.47 bits per heavy atom. The molecule has 0 unspecified atom stereocenters. The van der Waals surface area contributed by atoms with Gasteiger partial charge in [0.25, 0.3) is 0 Å². The largest absolute Gasteiger partial charge is 0.481 e. The van der Waals surface area contributed by atoms with E-state index in [0.717, 1.165) is 17.9 Å². The Hall–Kier alpha value is -1.59. The Bertz CT molecular complexity index is 625. The van der Waals surface area contributed by atoms with Crippen LogP contribution >= 0.6 is 11.6 Å². The van der Waals surface area contributed by atoms with Crippen molar-refractivity contribution in [1.82, 2.24) is 14.3 Å². The molecular weight excluding hydrogens is 266 g/mol. The van der Waals surface area contributed by atoms with Gasteiger partial charge in [-0.05, 0) is 25.1 Å². The molecule has 3 heterocycles. The van der Waals surface area contributed by atoms with Gasteiger partial charge in [-0.3, -0.25) is 9.69 Å². The van der Waals surface area contributed by atoms with Crippen molar-refractivity contribution >= 4 is 23.2 Å². The molecule has 2 aromatic heterocycles. The van der Waals surface area contributed by atoms with Gasteiger partial charge >= 0.3 is 5.97 Å². The van der Waals surface area contributed by atoms with Gasteiger partial charge < -0.3 is 9.51 Å². The Balaban J connectivity index is 1.73. The lowest BCUT2D eigenvalue weighted by Crippen LogP contribution is -2.22. The highest BCUT2D eigenvalue weighted by atomic mass is 35.5. The minimum absolute atomic E-state index is 0.244. The summed E-state index contributed by atoms with van der Waals surface area (Å²) >= 11 is 5.93. The number of likely N-dealkylation sites (tertiary alicyclic amines) is 1. The van der Waals surface area contributed by atoms with Gasteiger partial charge in [0.2, 0.25) is 0 Å². The van der Waals surface area contributed by atoms with E-state index in [9.17, 15) is 4.79 Å². The van der Waals surface area contributed by atoms with Crippen LogP contribution in [0.3, 0.4) is 0 Å². The molecule has 5 nitrogen and oxygen atoms in total. The van der Waals surface area contributed by atoms with E-state index in [-0.39, 0.29) is 5.92 Å². The van der Waals surface area contributed by atoms with E-state index < -0.39 is 5.97 Å². The number of rotatable bonds is 3. The number of nitrogens with zero attached hydrogens (tertiary/aromatic N) is 3. The molecule has 0 aliphatic carbocycles. The maximum Gasteiger partial charge on any atom is 0.307 e. The van der Waals surface area contributed by atoms with Crippen molar-refractivity contribution in [2.24, 2.45) is 5.92 Å². The third-order valence-electron chi connectivity index (χ3n) is 3.47. The lowest BCUT2D eigenvalue weighted by Gasteiger charge is -2.12. The smallest absolute Gasteiger partial charge is 0.307 e. The first-order valence-electron chi connectivity index (χ1n) is 6.20. The van der Waals surface area contributed by atoms with Gasteiger partial charge in [0.1, 0.15) is 5.65 Å². The number of halogens is 1. The molecule has 0 bridgehead atoms. The van der Waals surface area contributed by atoms with E-state index in [0.29, 0.717) is 24.5 Å². The molecule has 1 N–H and O–H groups in total. The van der Waals surface area contributed by atoms with Crippen molar-refractivity contribution in [3.05, 3.63) is 35.2 Å². The molecule has 1 saturated heterocycles. The minimum atomic E-state index is -0.704. The number of imidazole rings is 1. The molecule has 6 heteroatoms. The third-order valence-corrected chi connectivity index (χ3v) is 3.70. The predicted molar refractivity (Wildman–Crippen MR) is 71.2 cm³/mol. The summed E-state index contributed by atoms with van der Waals surface area (Å²) in [6, 6.07) is 3.68. The molecule has 1 atom stereocenters. The Morgan fingerprint density at radius 2 is 2.32 bits per heavy atom. The number of aromatic nitrogens is 2. The zero-order chi connectivity index (χ0) is 13.4. The zero-order valence-corrected chi connectivity index (χ0v) is 11.0. The van der Waals surface area contributed by atoms with E-state index in [1.165, 1.54) is 0 Å². The van der Waals surface area contributed by atoms with E-state index in [2.05, 4.69) is 9.88 Å². The summed E-state index contributed by atoms with van der Waals surface area (Å²) < 4.78 is 1.89. The monoisotopic (exact) mass is 279 g/mol. The summed E-state index contributed by atoms with van der Waals surface area (Å²) in [5, 5.41) is 9.65. The highest BCUT2D eigenvalue weighted by Gasteiger charge is 2.28. The lowest BCUT2D eigenvalue weighted by molar-refractivity contribution is -0.141. The summed E-state index contributed by atoms with van der Waals surface area (Å²) in [4.78, 5) is 17.5. The molecule has 19 heavy (non-hydrogen) atoms. The van der Waals surface area contributed by atoms with Crippen LogP contribution < -0.4 is 0 Å². The molecule has 3 rings (SSSR count). The van der Waals surface area contributed by atoms with Crippen LogP contribution in [-0.4, -0.2) is 38.4 Å². The Labute approximate surface area is 115 Å². The van der Waals surface area contributed by atoms with Crippen LogP contribution in [0.5, 0.6) is 0 Å². The summed E-state index contributed by atoms with van der Waals surface area (Å²) in [5.41, 5.74) is 1.79. The average Bonchev–Trinajstić information content (AvgIpc) is 2.95. The lowest BCUT2D eigenvalue weighted by atomic mass is 10.1. The maximum absolute atomic E-state index is 10.9. The molecule has 2 aromatic rings. The molecule has 1 aliphatic heterocycles. The van der Waals surface area contributed by atoms with Gasteiger partial charge in [-0.25, -0.2) is 4.98 Å².